The maximum Gasteiger partial charge on any atom is 0.406 e. The van der Waals surface area contributed by atoms with Crippen LogP contribution in [0.4, 0.5) is 10.5 Å². The van der Waals surface area contributed by atoms with E-state index in [2.05, 4.69) is 4.90 Å². The third-order valence-corrected chi connectivity index (χ3v) is 2.79. The number of ether oxygens (including phenoxy) is 1. The normalized spacial score (nSPS) is 20.5. The predicted molar refractivity (Wildman–Crippen MR) is 62.1 cm³/mol. The number of nitrogens with zero attached hydrogens (tertiary/aromatic N) is 1. The maximum absolute atomic E-state index is 10.8. The zero-order chi connectivity index (χ0) is 11.4. The number of amides is 1. The van der Waals surface area contributed by atoms with Gasteiger partial charge in [-0.2, -0.15) is 0 Å². The number of piperidine rings is 1. The van der Waals surface area contributed by atoms with Crippen LogP contribution in [0, 0.1) is 0 Å². The van der Waals surface area contributed by atoms with Crippen molar-refractivity contribution in [3.63, 3.8) is 0 Å². The summed E-state index contributed by atoms with van der Waals surface area (Å²) in [5.41, 5.74) is 6.15. The van der Waals surface area contributed by atoms with E-state index in [-0.39, 0.29) is 6.23 Å². The van der Waals surface area contributed by atoms with Gasteiger partial charge in [0.25, 0.3) is 0 Å². The molecule has 0 saturated carbocycles. The van der Waals surface area contributed by atoms with E-state index in [1.54, 1.807) is 0 Å². The van der Waals surface area contributed by atoms with Gasteiger partial charge >= 0.3 is 6.09 Å². The van der Waals surface area contributed by atoms with Crippen LogP contribution in [0.5, 0.6) is 0 Å². The lowest BCUT2D eigenvalue weighted by molar-refractivity contribution is 0.0885. The molecular formula is C12H16N2O2. The quantitative estimate of drug-likeness (QED) is 0.830. The Morgan fingerprint density at radius 3 is 2.75 bits per heavy atom. The molecule has 0 radical (unpaired) electrons. The fourth-order valence-corrected chi connectivity index (χ4v) is 2.07. The standard InChI is InChI=1S/C12H16N2O2/c13-12(15)16-11-8-4-5-9-14(11)10-6-2-1-3-7-10/h1-3,6-7,11H,4-5,8-9H2,(H2,13,15). The number of hydrogen-bond acceptors (Lipinski definition) is 3. The van der Waals surface area contributed by atoms with Crippen molar-refractivity contribution in [2.75, 3.05) is 11.4 Å². The van der Waals surface area contributed by atoms with Gasteiger partial charge in [0, 0.05) is 18.7 Å². The number of rotatable bonds is 2. The number of anilines is 1. The largest absolute Gasteiger partial charge is 0.426 e. The van der Waals surface area contributed by atoms with E-state index in [0.29, 0.717) is 0 Å². The molecule has 4 nitrogen and oxygen atoms in total. The molecule has 16 heavy (non-hydrogen) atoms. The van der Waals surface area contributed by atoms with Crippen LogP contribution in [0.1, 0.15) is 19.3 Å². The first-order chi connectivity index (χ1) is 7.77. The van der Waals surface area contributed by atoms with Crippen LogP contribution in [0.3, 0.4) is 0 Å². The molecule has 1 heterocycles. The van der Waals surface area contributed by atoms with Crippen molar-refractivity contribution in [3.8, 4) is 0 Å². The SMILES string of the molecule is NC(=O)OC1CCCCN1c1ccccc1. The highest BCUT2D eigenvalue weighted by Crippen LogP contribution is 2.24. The highest BCUT2D eigenvalue weighted by molar-refractivity contribution is 5.65. The predicted octanol–water partition coefficient (Wildman–Crippen LogP) is 2.10. The van der Waals surface area contributed by atoms with Crippen LogP contribution in [-0.4, -0.2) is 18.9 Å². The molecule has 2 N–H and O–H groups in total. The van der Waals surface area contributed by atoms with Gasteiger partial charge < -0.3 is 15.4 Å². The molecule has 1 aromatic carbocycles. The van der Waals surface area contributed by atoms with Gasteiger partial charge in [0.2, 0.25) is 0 Å². The third kappa shape index (κ3) is 2.45. The Bertz CT molecular complexity index is 353. The van der Waals surface area contributed by atoms with Gasteiger partial charge in [0.1, 0.15) is 0 Å². The first-order valence-electron chi connectivity index (χ1n) is 5.55. The molecule has 0 bridgehead atoms. The summed E-state index contributed by atoms with van der Waals surface area (Å²) in [4.78, 5) is 12.9. The number of nitrogens with two attached hydrogens (primary N) is 1. The second kappa shape index (κ2) is 4.88. The lowest BCUT2D eigenvalue weighted by Crippen LogP contribution is -2.43. The minimum Gasteiger partial charge on any atom is -0.426 e. The molecule has 4 heteroatoms. The Balaban J connectivity index is 2.13. The molecule has 86 valence electrons. The van der Waals surface area contributed by atoms with Gasteiger partial charge in [-0.1, -0.05) is 18.2 Å². The van der Waals surface area contributed by atoms with Crippen LogP contribution in [0.15, 0.2) is 30.3 Å². The summed E-state index contributed by atoms with van der Waals surface area (Å²) in [7, 11) is 0. The summed E-state index contributed by atoms with van der Waals surface area (Å²) in [6, 6.07) is 9.96. The van der Waals surface area contributed by atoms with Crippen molar-refractivity contribution in [2.24, 2.45) is 5.73 Å². The highest BCUT2D eigenvalue weighted by Gasteiger charge is 2.24. The Kier molecular flexibility index (Phi) is 3.29. The zero-order valence-electron chi connectivity index (χ0n) is 9.13. The van der Waals surface area contributed by atoms with E-state index in [1.807, 2.05) is 30.3 Å². The van der Waals surface area contributed by atoms with Crippen molar-refractivity contribution in [1.82, 2.24) is 0 Å². The number of primary amides is 1. The smallest absolute Gasteiger partial charge is 0.406 e. The zero-order valence-corrected chi connectivity index (χ0v) is 9.13. The summed E-state index contributed by atoms with van der Waals surface area (Å²) in [5.74, 6) is 0. The lowest BCUT2D eigenvalue weighted by atomic mass is 10.1. The summed E-state index contributed by atoms with van der Waals surface area (Å²) in [6.07, 6.45) is 2.12. The molecule has 1 fully saturated rings. The number of para-hydroxylation sites is 1. The van der Waals surface area contributed by atoms with Gasteiger partial charge in [0.15, 0.2) is 6.23 Å². The average Bonchev–Trinajstić information content (AvgIpc) is 2.30. The van der Waals surface area contributed by atoms with E-state index in [0.717, 1.165) is 31.5 Å². The molecule has 1 unspecified atom stereocenters. The lowest BCUT2D eigenvalue weighted by Gasteiger charge is -2.36. The van der Waals surface area contributed by atoms with Gasteiger partial charge in [-0.25, -0.2) is 4.79 Å². The molecule has 1 aliphatic rings. The Morgan fingerprint density at radius 2 is 2.06 bits per heavy atom. The van der Waals surface area contributed by atoms with Gasteiger partial charge in [-0.15, -0.1) is 0 Å². The number of benzene rings is 1. The molecule has 0 aliphatic carbocycles. The molecule has 1 atom stereocenters. The number of carbonyl (C=O) groups is 1. The highest BCUT2D eigenvalue weighted by atomic mass is 16.6. The molecular weight excluding hydrogens is 204 g/mol. The minimum atomic E-state index is -0.701. The molecule has 2 rings (SSSR count). The molecule has 0 spiro atoms. The van der Waals surface area contributed by atoms with E-state index >= 15 is 0 Å². The third-order valence-electron chi connectivity index (χ3n) is 2.79. The Hall–Kier alpha value is -1.71. The van der Waals surface area contributed by atoms with Crippen LogP contribution in [0.2, 0.25) is 0 Å². The van der Waals surface area contributed by atoms with Crippen molar-refractivity contribution < 1.29 is 9.53 Å². The monoisotopic (exact) mass is 220 g/mol. The molecule has 1 amide bonds. The first-order valence-corrected chi connectivity index (χ1v) is 5.55. The fourth-order valence-electron chi connectivity index (χ4n) is 2.07. The first kappa shape index (κ1) is 10.8. The molecule has 1 saturated heterocycles. The van der Waals surface area contributed by atoms with Crippen LogP contribution in [0.25, 0.3) is 0 Å². The second-order valence-electron chi connectivity index (χ2n) is 3.92. The fraction of sp³-hybridized carbons (Fsp3) is 0.417. The average molecular weight is 220 g/mol. The van der Waals surface area contributed by atoms with Crippen LogP contribution >= 0.6 is 0 Å². The second-order valence-corrected chi connectivity index (χ2v) is 3.92. The summed E-state index contributed by atoms with van der Waals surface area (Å²) in [6.45, 7) is 0.905. The van der Waals surface area contributed by atoms with E-state index in [9.17, 15) is 4.79 Å². The van der Waals surface area contributed by atoms with Crippen molar-refractivity contribution in [1.29, 1.82) is 0 Å². The summed E-state index contributed by atoms with van der Waals surface area (Å²) >= 11 is 0. The van der Waals surface area contributed by atoms with Crippen molar-refractivity contribution in [2.45, 2.75) is 25.5 Å². The van der Waals surface area contributed by atoms with E-state index < -0.39 is 6.09 Å². The summed E-state index contributed by atoms with van der Waals surface area (Å²) < 4.78 is 5.12. The summed E-state index contributed by atoms with van der Waals surface area (Å²) in [5, 5.41) is 0. The van der Waals surface area contributed by atoms with Gasteiger partial charge in [-0.05, 0) is 25.0 Å². The molecule has 0 aromatic heterocycles. The van der Waals surface area contributed by atoms with Crippen molar-refractivity contribution in [3.05, 3.63) is 30.3 Å². The Labute approximate surface area is 95.0 Å². The maximum atomic E-state index is 10.8. The topological polar surface area (TPSA) is 55.6 Å². The van der Waals surface area contributed by atoms with Gasteiger partial charge in [-0.3, -0.25) is 0 Å². The van der Waals surface area contributed by atoms with E-state index in [4.69, 9.17) is 10.5 Å². The van der Waals surface area contributed by atoms with Crippen molar-refractivity contribution >= 4 is 11.8 Å². The molecule has 1 aliphatic heterocycles. The number of carbonyl (C=O) groups excluding carboxylic acids is 1. The number of hydrogen-bond donors (Lipinski definition) is 1. The van der Waals surface area contributed by atoms with Gasteiger partial charge in [0.05, 0.1) is 0 Å². The van der Waals surface area contributed by atoms with E-state index in [1.165, 1.54) is 0 Å². The minimum absolute atomic E-state index is 0.214. The Morgan fingerprint density at radius 1 is 1.31 bits per heavy atom. The van der Waals surface area contributed by atoms with Crippen LogP contribution in [-0.2, 0) is 4.74 Å². The van der Waals surface area contributed by atoms with Crippen LogP contribution < -0.4 is 10.6 Å². The molecule has 1 aromatic rings.